The van der Waals surface area contributed by atoms with E-state index >= 15 is 0 Å². The quantitative estimate of drug-likeness (QED) is 0.694. The van der Waals surface area contributed by atoms with Crippen LogP contribution in [0.4, 0.5) is 0 Å². The van der Waals surface area contributed by atoms with Gasteiger partial charge >= 0.3 is 0 Å². The van der Waals surface area contributed by atoms with E-state index in [1.54, 1.807) is 0 Å². The lowest BCUT2D eigenvalue weighted by molar-refractivity contribution is 0.724. The van der Waals surface area contributed by atoms with E-state index in [0.29, 0.717) is 5.88 Å². The fraction of sp³-hybridized carbons (Fsp3) is 0.375. The van der Waals surface area contributed by atoms with Crippen LogP contribution in [0.5, 0.6) is 0 Å². The summed E-state index contributed by atoms with van der Waals surface area (Å²) in [6.07, 6.45) is 2.70. The second-order valence-corrected chi connectivity index (χ2v) is 5.80. The van der Waals surface area contributed by atoms with Crippen molar-refractivity contribution in [2.45, 2.75) is 26.8 Å². The molecule has 110 valence electrons. The molecule has 0 aliphatic rings. The number of hydrogen-bond donors (Lipinski definition) is 0. The van der Waals surface area contributed by atoms with Crippen LogP contribution >= 0.6 is 11.6 Å². The van der Waals surface area contributed by atoms with Crippen molar-refractivity contribution in [2.24, 2.45) is 7.05 Å². The highest BCUT2D eigenvalue weighted by atomic mass is 35.5. The van der Waals surface area contributed by atoms with Crippen LogP contribution in [0.3, 0.4) is 0 Å². The number of nitrogens with zero attached hydrogens (tertiary/aromatic N) is 4. The molecule has 21 heavy (non-hydrogen) atoms. The number of alkyl halides is 1. The van der Waals surface area contributed by atoms with E-state index < -0.39 is 0 Å². The molecule has 4 nitrogen and oxygen atoms in total. The summed E-state index contributed by atoms with van der Waals surface area (Å²) in [4.78, 5) is 4.75. The zero-order valence-electron chi connectivity index (χ0n) is 12.6. The van der Waals surface area contributed by atoms with E-state index in [4.69, 9.17) is 16.6 Å². The van der Waals surface area contributed by atoms with Gasteiger partial charge in [0.15, 0.2) is 0 Å². The van der Waals surface area contributed by atoms with Crippen LogP contribution in [-0.4, -0.2) is 25.2 Å². The third kappa shape index (κ3) is 2.56. The highest BCUT2D eigenvalue weighted by Crippen LogP contribution is 2.21. The maximum absolute atomic E-state index is 5.94. The van der Waals surface area contributed by atoms with Gasteiger partial charge in [0.05, 0.1) is 23.8 Å². The Labute approximate surface area is 129 Å². The Bertz CT molecular complexity index is 785. The van der Waals surface area contributed by atoms with Crippen LogP contribution in [0.25, 0.3) is 11.0 Å². The Hall–Kier alpha value is -1.81. The fourth-order valence-corrected chi connectivity index (χ4v) is 2.78. The van der Waals surface area contributed by atoms with Crippen molar-refractivity contribution in [2.75, 3.05) is 5.88 Å². The molecule has 0 bridgehead atoms. The molecule has 2 aromatic heterocycles. The summed E-state index contributed by atoms with van der Waals surface area (Å²) in [6.45, 7) is 4.96. The van der Waals surface area contributed by atoms with Gasteiger partial charge in [-0.25, -0.2) is 4.98 Å². The summed E-state index contributed by atoms with van der Waals surface area (Å²) < 4.78 is 4.15. The summed E-state index contributed by atoms with van der Waals surface area (Å²) in [6, 6.07) is 6.39. The van der Waals surface area contributed by atoms with E-state index in [1.807, 2.05) is 17.9 Å². The summed E-state index contributed by atoms with van der Waals surface area (Å²) >= 11 is 5.94. The standard InChI is InChI=1S/C16H19ClN4/c1-11-4-5-15-14(8-11)19-16(6-7-17)21(15)10-13-9-18-20(3)12(13)2/h4-5,8-9H,6-7,10H2,1-3H3. The van der Waals surface area contributed by atoms with E-state index in [-0.39, 0.29) is 0 Å². The van der Waals surface area contributed by atoms with Crippen LogP contribution in [0.2, 0.25) is 0 Å². The summed E-state index contributed by atoms with van der Waals surface area (Å²) in [5.41, 5.74) is 5.82. The van der Waals surface area contributed by atoms with Crippen molar-refractivity contribution in [1.29, 1.82) is 0 Å². The first-order valence-electron chi connectivity index (χ1n) is 7.09. The molecule has 5 heteroatoms. The lowest BCUT2D eigenvalue weighted by Crippen LogP contribution is -2.07. The zero-order valence-corrected chi connectivity index (χ0v) is 13.4. The van der Waals surface area contributed by atoms with Gasteiger partial charge in [-0.2, -0.15) is 5.10 Å². The van der Waals surface area contributed by atoms with Crippen molar-refractivity contribution >= 4 is 22.6 Å². The Kier molecular flexibility index (Phi) is 3.72. The number of imidazole rings is 1. The number of rotatable bonds is 4. The van der Waals surface area contributed by atoms with Gasteiger partial charge in [0.25, 0.3) is 0 Å². The first-order chi connectivity index (χ1) is 10.1. The molecular formula is C16H19ClN4. The number of aromatic nitrogens is 4. The predicted octanol–water partition coefficient (Wildman–Crippen LogP) is 3.22. The molecule has 0 saturated carbocycles. The lowest BCUT2D eigenvalue weighted by Gasteiger charge is -2.08. The SMILES string of the molecule is Cc1ccc2c(c1)nc(CCCl)n2Cc1cnn(C)c1C. The van der Waals surface area contributed by atoms with Crippen molar-refractivity contribution < 1.29 is 0 Å². The molecule has 2 heterocycles. The predicted molar refractivity (Wildman–Crippen MR) is 85.9 cm³/mol. The van der Waals surface area contributed by atoms with Crippen LogP contribution in [0, 0.1) is 13.8 Å². The Morgan fingerprint density at radius 2 is 2.05 bits per heavy atom. The molecule has 0 radical (unpaired) electrons. The summed E-state index contributed by atoms with van der Waals surface area (Å²) in [7, 11) is 1.97. The molecule has 0 fully saturated rings. The topological polar surface area (TPSA) is 35.6 Å². The van der Waals surface area contributed by atoms with Gasteiger partial charge in [0, 0.05) is 30.6 Å². The first kappa shape index (κ1) is 14.1. The minimum absolute atomic E-state index is 0.578. The second-order valence-electron chi connectivity index (χ2n) is 5.42. The molecule has 0 saturated heterocycles. The Morgan fingerprint density at radius 1 is 1.24 bits per heavy atom. The van der Waals surface area contributed by atoms with Crippen LogP contribution in [0.15, 0.2) is 24.4 Å². The third-order valence-electron chi connectivity index (χ3n) is 3.97. The molecule has 3 rings (SSSR count). The molecule has 0 spiro atoms. The number of aryl methyl sites for hydroxylation is 3. The Balaban J connectivity index is 2.10. The molecule has 0 atom stereocenters. The molecule has 1 aromatic carbocycles. The number of benzene rings is 1. The molecule has 0 N–H and O–H groups in total. The smallest absolute Gasteiger partial charge is 0.111 e. The minimum atomic E-state index is 0.578. The van der Waals surface area contributed by atoms with Crippen LogP contribution in [-0.2, 0) is 20.0 Å². The maximum Gasteiger partial charge on any atom is 0.111 e. The van der Waals surface area contributed by atoms with Gasteiger partial charge < -0.3 is 4.57 Å². The van der Waals surface area contributed by atoms with Gasteiger partial charge in [-0.3, -0.25) is 4.68 Å². The number of fused-ring (bicyclic) bond motifs is 1. The highest BCUT2D eigenvalue weighted by molar-refractivity contribution is 6.17. The van der Waals surface area contributed by atoms with Crippen molar-refractivity contribution in [3.8, 4) is 0 Å². The average Bonchev–Trinajstić information content (AvgIpc) is 2.94. The van der Waals surface area contributed by atoms with Gasteiger partial charge in [-0.1, -0.05) is 6.07 Å². The number of halogens is 1. The monoisotopic (exact) mass is 302 g/mol. The molecule has 0 aliphatic heterocycles. The largest absolute Gasteiger partial charge is 0.323 e. The lowest BCUT2D eigenvalue weighted by atomic mass is 10.2. The average molecular weight is 303 g/mol. The molecule has 0 amide bonds. The molecular weight excluding hydrogens is 284 g/mol. The zero-order chi connectivity index (χ0) is 15.0. The van der Waals surface area contributed by atoms with E-state index in [0.717, 1.165) is 29.8 Å². The van der Waals surface area contributed by atoms with E-state index in [1.165, 1.54) is 16.8 Å². The third-order valence-corrected chi connectivity index (χ3v) is 4.16. The van der Waals surface area contributed by atoms with Gasteiger partial charge in [-0.05, 0) is 31.5 Å². The minimum Gasteiger partial charge on any atom is -0.323 e. The van der Waals surface area contributed by atoms with Gasteiger partial charge in [0.2, 0.25) is 0 Å². The number of hydrogen-bond acceptors (Lipinski definition) is 2. The van der Waals surface area contributed by atoms with Crippen molar-refractivity contribution in [3.63, 3.8) is 0 Å². The van der Waals surface area contributed by atoms with E-state index in [2.05, 4.69) is 41.7 Å². The molecule has 0 unspecified atom stereocenters. The maximum atomic E-state index is 5.94. The molecule has 3 aromatic rings. The molecule has 0 aliphatic carbocycles. The highest BCUT2D eigenvalue weighted by Gasteiger charge is 2.13. The summed E-state index contributed by atoms with van der Waals surface area (Å²) in [5, 5.41) is 4.32. The first-order valence-corrected chi connectivity index (χ1v) is 7.63. The summed E-state index contributed by atoms with van der Waals surface area (Å²) in [5.74, 6) is 1.61. The van der Waals surface area contributed by atoms with Crippen molar-refractivity contribution in [3.05, 3.63) is 47.0 Å². The normalized spacial score (nSPS) is 11.4. The Morgan fingerprint density at radius 3 is 2.71 bits per heavy atom. The fourth-order valence-electron chi connectivity index (χ4n) is 2.61. The second kappa shape index (κ2) is 5.53. The van der Waals surface area contributed by atoms with Gasteiger partial charge in [0.1, 0.15) is 5.82 Å². The van der Waals surface area contributed by atoms with Gasteiger partial charge in [-0.15, -0.1) is 11.6 Å². The van der Waals surface area contributed by atoms with Crippen LogP contribution < -0.4 is 0 Å². The van der Waals surface area contributed by atoms with Crippen LogP contribution in [0.1, 0.15) is 22.6 Å². The van der Waals surface area contributed by atoms with E-state index in [9.17, 15) is 0 Å². The van der Waals surface area contributed by atoms with Crippen molar-refractivity contribution in [1.82, 2.24) is 19.3 Å².